The molecule has 0 bridgehead atoms. The fraction of sp³-hybridized carbons (Fsp3) is 0.625. The fourth-order valence-corrected chi connectivity index (χ4v) is 3.05. The van der Waals surface area contributed by atoms with E-state index >= 15 is 0 Å². The third-order valence-electron chi connectivity index (χ3n) is 4.38. The molecule has 0 spiro atoms. The lowest BCUT2D eigenvalue weighted by Crippen LogP contribution is -2.52. The minimum Gasteiger partial charge on any atom is -0.490 e. The predicted molar refractivity (Wildman–Crippen MR) is 81.9 cm³/mol. The van der Waals surface area contributed by atoms with Crippen LogP contribution in [-0.2, 0) is 4.74 Å². The van der Waals surface area contributed by atoms with Gasteiger partial charge in [0.15, 0.2) is 0 Å². The van der Waals surface area contributed by atoms with Crippen LogP contribution in [0, 0.1) is 5.82 Å². The first-order valence-corrected chi connectivity index (χ1v) is 8.06. The number of aliphatic hydroxyl groups is 1. The van der Waals surface area contributed by atoms with Crippen LogP contribution in [0.2, 0.25) is 5.02 Å². The van der Waals surface area contributed by atoms with E-state index < -0.39 is 11.4 Å². The molecular weight excluding hydrogens is 309 g/mol. The van der Waals surface area contributed by atoms with Crippen LogP contribution in [0.3, 0.4) is 0 Å². The molecule has 3 rings (SSSR count). The molecular formula is C16H21ClFNO3. The summed E-state index contributed by atoms with van der Waals surface area (Å²) >= 11 is 5.74. The summed E-state index contributed by atoms with van der Waals surface area (Å²) < 4.78 is 24.3. The summed E-state index contributed by atoms with van der Waals surface area (Å²) in [7, 11) is 0. The molecule has 2 fully saturated rings. The summed E-state index contributed by atoms with van der Waals surface area (Å²) in [5.74, 6) is -0.0408. The van der Waals surface area contributed by atoms with Gasteiger partial charge in [0.25, 0.3) is 0 Å². The number of β-amino-alcohol motifs (C(OH)–C–C–N with tert-alkyl or cyclic N) is 1. The van der Waals surface area contributed by atoms with Crippen LogP contribution in [0.15, 0.2) is 18.2 Å². The van der Waals surface area contributed by atoms with Crippen molar-refractivity contribution >= 4 is 11.6 Å². The molecule has 1 aliphatic carbocycles. The van der Waals surface area contributed by atoms with Crippen LogP contribution in [-0.4, -0.2) is 54.6 Å². The van der Waals surface area contributed by atoms with Crippen molar-refractivity contribution in [2.45, 2.75) is 30.9 Å². The number of rotatable bonds is 4. The zero-order valence-corrected chi connectivity index (χ0v) is 13.2. The van der Waals surface area contributed by atoms with E-state index in [9.17, 15) is 9.50 Å². The molecule has 22 heavy (non-hydrogen) atoms. The SMILES string of the molecule is O[C@]1(COc2ccc(F)c(Cl)c2)COCCN(C2CCC2)C1. The van der Waals surface area contributed by atoms with Gasteiger partial charge in [-0.05, 0) is 25.0 Å². The highest BCUT2D eigenvalue weighted by molar-refractivity contribution is 6.30. The van der Waals surface area contributed by atoms with Gasteiger partial charge in [0.05, 0.1) is 18.2 Å². The van der Waals surface area contributed by atoms with Gasteiger partial charge in [0.1, 0.15) is 23.8 Å². The van der Waals surface area contributed by atoms with Crippen LogP contribution >= 0.6 is 11.6 Å². The van der Waals surface area contributed by atoms with Crippen molar-refractivity contribution in [3.63, 3.8) is 0 Å². The number of ether oxygens (including phenoxy) is 2. The largest absolute Gasteiger partial charge is 0.490 e. The predicted octanol–water partition coefficient (Wildman–Crippen LogP) is 2.47. The molecule has 1 heterocycles. The van der Waals surface area contributed by atoms with Gasteiger partial charge in [-0.25, -0.2) is 4.39 Å². The smallest absolute Gasteiger partial charge is 0.142 e. The lowest BCUT2D eigenvalue weighted by molar-refractivity contribution is -0.0698. The normalized spacial score (nSPS) is 27.2. The van der Waals surface area contributed by atoms with E-state index in [1.807, 2.05) is 0 Å². The molecule has 0 unspecified atom stereocenters. The van der Waals surface area contributed by atoms with Crippen LogP contribution < -0.4 is 4.74 Å². The Kier molecular flexibility index (Phi) is 4.88. The number of halogens is 2. The van der Waals surface area contributed by atoms with E-state index in [4.69, 9.17) is 21.1 Å². The van der Waals surface area contributed by atoms with E-state index in [2.05, 4.69) is 4.90 Å². The van der Waals surface area contributed by atoms with Gasteiger partial charge in [-0.2, -0.15) is 0 Å². The van der Waals surface area contributed by atoms with Gasteiger partial charge in [-0.3, -0.25) is 4.90 Å². The standard InChI is InChI=1S/C16H21ClFNO3/c17-14-8-13(4-5-15(14)18)22-11-16(20)9-19(6-7-21-10-16)12-2-1-3-12/h4-5,8,12,20H,1-3,6-7,9-11H2/t16-/m0/s1. The average molecular weight is 330 g/mol. The van der Waals surface area contributed by atoms with Crippen molar-refractivity contribution in [1.29, 1.82) is 0 Å². The van der Waals surface area contributed by atoms with Crippen molar-refractivity contribution in [2.24, 2.45) is 0 Å². The Hall–Kier alpha value is -0.880. The first-order valence-electron chi connectivity index (χ1n) is 7.68. The zero-order chi connectivity index (χ0) is 15.6. The Bertz CT molecular complexity index is 526. The minimum absolute atomic E-state index is 0.0118. The van der Waals surface area contributed by atoms with Gasteiger partial charge in [-0.1, -0.05) is 18.0 Å². The molecule has 1 atom stereocenters. The monoisotopic (exact) mass is 329 g/mol. The molecule has 0 aromatic heterocycles. The summed E-state index contributed by atoms with van der Waals surface area (Å²) in [6.45, 7) is 2.34. The first kappa shape index (κ1) is 16.0. The molecule has 0 amide bonds. The lowest BCUT2D eigenvalue weighted by atomic mass is 9.90. The summed E-state index contributed by atoms with van der Waals surface area (Å²) in [6, 6.07) is 4.73. The number of benzene rings is 1. The van der Waals surface area contributed by atoms with Crippen molar-refractivity contribution < 1.29 is 19.0 Å². The highest BCUT2D eigenvalue weighted by atomic mass is 35.5. The van der Waals surface area contributed by atoms with Gasteiger partial charge >= 0.3 is 0 Å². The molecule has 4 nitrogen and oxygen atoms in total. The second kappa shape index (κ2) is 6.71. The van der Waals surface area contributed by atoms with E-state index in [1.165, 1.54) is 37.5 Å². The van der Waals surface area contributed by atoms with Gasteiger partial charge in [0.2, 0.25) is 0 Å². The Morgan fingerprint density at radius 3 is 2.95 bits per heavy atom. The molecule has 122 valence electrons. The Balaban J connectivity index is 1.62. The van der Waals surface area contributed by atoms with Crippen molar-refractivity contribution in [1.82, 2.24) is 4.90 Å². The quantitative estimate of drug-likeness (QED) is 0.921. The van der Waals surface area contributed by atoms with E-state index in [0.29, 0.717) is 24.9 Å². The van der Waals surface area contributed by atoms with Gasteiger partial charge in [-0.15, -0.1) is 0 Å². The maximum atomic E-state index is 13.1. The third kappa shape index (κ3) is 3.71. The lowest BCUT2D eigenvalue weighted by Gasteiger charge is -2.39. The Morgan fingerprint density at radius 2 is 2.27 bits per heavy atom. The van der Waals surface area contributed by atoms with Crippen molar-refractivity contribution in [3.8, 4) is 5.75 Å². The molecule has 1 aromatic rings. The fourth-order valence-electron chi connectivity index (χ4n) is 2.88. The summed E-state index contributed by atoms with van der Waals surface area (Å²) in [4.78, 5) is 2.29. The highest BCUT2D eigenvalue weighted by Crippen LogP contribution is 2.28. The van der Waals surface area contributed by atoms with Crippen molar-refractivity contribution in [3.05, 3.63) is 29.0 Å². The summed E-state index contributed by atoms with van der Waals surface area (Å²) in [6.07, 6.45) is 3.63. The zero-order valence-electron chi connectivity index (χ0n) is 12.4. The Labute approximate surface area is 134 Å². The molecule has 1 aromatic carbocycles. The van der Waals surface area contributed by atoms with E-state index in [1.54, 1.807) is 0 Å². The second-order valence-corrected chi connectivity index (χ2v) is 6.60. The maximum Gasteiger partial charge on any atom is 0.142 e. The molecule has 1 saturated carbocycles. The molecule has 2 aliphatic rings. The van der Waals surface area contributed by atoms with Crippen LogP contribution in [0.5, 0.6) is 5.75 Å². The molecule has 1 N–H and O–H groups in total. The highest BCUT2D eigenvalue weighted by Gasteiger charge is 2.37. The van der Waals surface area contributed by atoms with E-state index in [-0.39, 0.29) is 18.2 Å². The molecule has 6 heteroatoms. The Morgan fingerprint density at radius 1 is 1.45 bits per heavy atom. The van der Waals surface area contributed by atoms with Crippen LogP contribution in [0.25, 0.3) is 0 Å². The maximum absolute atomic E-state index is 13.1. The molecule has 1 saturated heterocycles. The van der Waals surface area contributed by atoms with Gasteiger partial charge < -0.3 is 14.6 Å². The summed E-state index contributed by atoms with van der Waals surface area (Å²) in [5, 5.41) is 10.8. The molecule has 1 aliphatic heterocycles. The average Bonchev–Trinajstić information content (AvgIpc) is 2.61. The van der Waals surface area contributed by atoms with Gasteiger partial charge in [0, 0.05) is 25.2 Å². The van der Waals surface area contributed by atoms with E-state index in [0.717, 1.165) is 6.54 Å². The summed E-state index contributed by atoms with van der Waals surface area (Å²) in [5.41, 5.74) is -1.06. The number of hydrogen-bond donors (Lipinski definition) is 1. The minimum atomic E-state index is -1.06. The van der Waals surface area contributed by atoms with Crippen LogP contribution in [0.4, 0.5) is 4.39 Å². The van der Waals surface area contributed by atoms with Crippen LogP contribution in [0.1, 0.15) is 19.3 Å². The third-order valence-corrected chi connectivity index (χ3v) is 4.67. The number of nitrogens with zero attached hydrogens (tertiary/aromatic N) is 1. The number of hydrogen-bond acceptors (Lipinski definition) is 4. The molecule has 0 radical (unpaired) electrons. The second-order valence-electron chi connectivity index (χ2n) is 6.20. The van der Waals surface area contributed by atoms with Crippen molar-refractivity contribution in [2.75, 3.05) is 32.9 Å². The topological polar surface area (TPSA) is 41.9 Å². The first-order chi connectivity index (χ1) is 10.6.